The first-order valence-electron chi connectivity index (χ1n) is 6.91. The van der Waals surface area contributed by atoms with Crippen LogP contribution in [0.15, 0.2) is 24.3 Å². The van der Waals surface area contributed by atoms with Crippen molar-refractivity contribution < 1.29 is 5.11 Å². The van der Waals surface area contributed by atoms with E-state index >= 15 is 0 Å². The zero-order chi connectivity index (χ0) is 13.8. The van der Waals surface area contributed by atoms with Gasteiger partial charge >= 0.3 is 0 Å². The minimum atomic E-state index is 0.196. The number of nitrogens with zero attached hydrogens (tertiary/aromatic N) is 1. The van der Waals surface area contributed by atoms with Gasteiger partial charge in [-0.1, -0.05) is 44.7 Å². The molecule has 0 bridgehead atoms. The van der Waals surface area contributed by atoms with E-state index in [9.17, 15) is 5.11 Å². The molecule has 2 aromatic rings. The summed E-state index contributed by atoms with van der Waals surface area (Å²) < 4.78 is 0. The van der Waals surface area contributed by atoms with E-state index < -0.39 is 0 Å². The normalized spacial score (nSPS) is 12.8. The molecule has 2 nitrogen and oxygen atoms in total. The number of unbranched alkanes of at least 4 members (excludes halogenated alkanes) is 2. The Morgan fingerprint density at radius 2 is 2.00 bits per heavy atom. The summed E-state index contributed by atoms with van der Waals surface area (Å²) in [7, 11) is 0. The van der Waals surface area contributed by atoms with Crippen LogP contribution in [-0.2, 0) is 0 Å². The first kappa shape index (κ1) is 14.1. The van der Waals surface area contributed by atoms with Gasteiger partial charge in [0.25, 0.3) is 0 Å². The highest BCUT2D eigenvalue weighted by atomic mass is 35.5. The lowest BCUT2D eigenvalue weighted by Gasteiger charge is -2.12. The Kier molecular flexibility index (Phi) is 4.65. The van der Waals surface area contributed by atoms with Crippen LogP contribution in [0.5, 0.6) is 5.75 Å². The van der Waals surface area contributed by atoms with Crippen LogP contribution in [0.3, 0.4) is 0 Å². The van der Waals surface area contributed by atoms with Crippen molar-refractivity contribution in [2.45, 2.75) is 45.4 Å². The molecular formula is C16H20ClNO. The molecule has 1 heterocycles. The number of phenols is 1. The molecular weight excluding hydrogens is 258 g/mol. The van der Waals surface area contributed by atoms with E-state index in [1.165, 1.54) is 19.3 Å². The van der Waals surface area contributed by atoms with Crippen LogP contribution in [0.1, 0.15) is 51.1 Å². The van der Waals surface area contributed by atoms with Crippen molar-refractivity contribution in [3.63, 3.8) is 0 Å². The van der Waals surface area contributed by atoms with Gasteiger partial charge in [0, 0.05) is 11.1 Å². The van der Waals surface area contributed by atoms with Gasteiger partial charge in [0.2, 0.25) is 0 Å². The van der Waals surface area contributed by atoms with Gasteiger partial charge in [-0.3, -0.25) is 0 Å². The molecule has 0 amide bonds. The van der Waals surface area contributed by atoms with Crippen molar-refractivity contribution in [1.82, 2.24) is 4.98 Å². The average molecular weight is 278 g/mol. The van der Waals surface area contributed by atoms with E-state index in [2.05, 4.69) is 18.8 Å². The van der Waals surface area contributed by atoms with Crippen molar-refractivity contribution in [2.24, 2.45) is 0 Å². The molecule has 1 aromatic carbocycles. The standard InChI is InChI=1S/C16H20ClNO/c1-3-4-5-6-11(2)14-9-7-12-13(17)8-10-15(19)16(12)18-14/h7-11,19H,3-6H2,1-2H3. The number of fused-ring (bicyclic) bond motifs is 1. The molecule has 3 heteroatoms. The second-order valence-corrected chi connectivity index (χ2v) is 5.50. The lowest BCUT2D eigenvalue weighted by molar-refractivity contribution is 0.480. The lowest BCUT2D eigenvalue weighted by Crippen LogP contribution is -1.98. The molecule has 0 aliphatic rings. The zero-order valence-electron chi connectivity index (χ0n) is 11.5. The Labute approximate surface area is 119 Å². The van der Waals surface area contributed by atoms with Crippen molar-refractivity contribution >= 4 is 22.5 Å². The van der Waals surface area contributed by atoms with Gasteiger partial charge in [-0.25, -0.2) is 4.98 Å². The van der Waals surface area contributed by atoms with Crippen LogP contribution in [0.25, 0.3) is 10.9 Å². The van der Waals surface area contributed by atoms with Gasteiger partial charge in [0.05, 0.1) is 5.02 Å². The van der Waals surface area contributed by atoms with Crippen molar-refractivity contribution in [3.05, 3.63) is 35.0 Å². The Morgan fingerprint density at radius 3 is 2.74 bits per heavy atom. The van der Waals surface area contributed by atoms with Gasteiger partial charge < -0.3 is 5.11 Å². The first-order chi connectivity index (χ1) is 9.13. The molecule has 0 aliphatic carbocycles. The van der Waals surface area contributed by atoms with E-state index in [-0.39, 0.29) is 5.75 Å². The fourth-order valence-corrected chi connectivity index (χ4v) is 2.52. The minimum absolute atomic E-state index is 0.196. The monoisotopic (exact) mass is 277 g/mol. The molecule has 0 spiro atoms. The summed E-state index contributed by atoms with van der Waals surface area (Å²) in [6.45, 7) is 4.39. The molecule has 0 saturated carbocycles. The summed E-state index contributed by atoms with van der Waals surface area (Å²) in [6, 6.07) is 7.27. The number of benzene rings is 1. The maximum atomic E-state index is 9.89. The number of rotatable bonds is 5. The van der Waals surface area contributed by atoms with Crippen LogP contribution in [0.2, 0.25) is 5.02 Å². The quantitative estimate of drug-likeness (QED) is 0.755. The number of halogens is 1. The molecule has 1 aromatic heterocycles. The summed E-state index contributed by atoms with van der Waals surface area (Å²) >= 11 is 6.11. The van der Waals surface area contributed by atoms with Crippen molar-refractivity contribution in [2.75, 3.05) is 0 Å². The molecule has 2 rings (SSSR count). The molecule has 0 radical (unpaired) electrons. The predicted molar refractivity (Wildman–Crippen MR) is 81.0 cm³/mol. The van der Waals surface area contributed by atoms with Gasteiger partial charge in [-0.15, -0.1) is 0 Å². The third-order valence-electron chi connectivity index (χ3n) is 3.55. The van der Waals surface area contributed by atoms with Gasteiger partial charge in [-0.05, 0) is 36.6 Å². The number of pyridine rings is 1. The van der Waals surface area contributed by atoms with Crippen molar-refractivity contribution in [1.29, 1.82) is 0 Å². The molecule has 0 aliphatic heterocycles. The lowest BCUT2D eigenvalue weighted by atomic mass is 9.98. The SMILES string of the molecule is CCCCCC(C)c1ccc2c(Cl)ccc(O)c2n1. The Balaban J connectivity index is 2.28. The van der Waals surface area contributed by atoms with Crippen molar-refractivity contribution in [3.8, 4) is 5.75 Å². The summed E-state index contributed by atoms with van der Waals surface area (Å²) in [5.41, 5.74) is 1.63. The Morgan fingerprint density at radius 1 is 1.21 bits per heavy atom. The molecule has 19 heavy (non-hydrogen) atoms. The number of phenolic OH excluding ortho intramolecular Hbond substituents is 1. The van der Waals surface area contributed by atoms with Crippen LogP contribution in [0, 0.1) is 0 Å². The number of hydrogen-bond donors (Lipinski definition) is 1. The molecule has 0 saturated heterocycles. The second-order valence-electron chi connectivity index (χ2n) is 5.10. The van der Waals surface area contributed by atoms with Crippen LogP contribution >= 0.6 is 11.6 Å². The summed E-state index contributed by atoms with van der Waals surface area (Å²) in [6.07, 6.45) is 4.84. The zero-order valence-corrected chi connectivity index (χ0v) is 12.2. The molecule has 1 unspecified atom stereocenters. The van der Waals surface area contributed by atoms with Crippen LogP contribution in [0.4, 0.5) is 0 Å². The van der Waals surface area contributed by atoms with Crippen LogP contribution < -0.4 is 0 Å². The number of aromatic nitrogens is 1. The fourth-order valence-electron chi connectivity index (χ4n) is 2.31. The third kappa shape index (κ3) is 3.19. The van der Waals surface area contributed by atoms with E-state index in [0.717, 1.165) is 17.5 Å². The highest BCUT2D eigenvalue weighted by Crippen LogP contribution is 2.31. The van der Waals surface area contributed by atoms with E-state index in [0.29, 0.717) is 16.5 Å². The minimum Gasteiger partial charge on any atom is -0.506 e. The van der Waals surface area contributed by atoms with E-state index in [1.807, 2.05) is 12.1 Å². The van der Waals surface area contributed by atoms with Gasteiger partial charge in [-0.2, -0.15) is 0 Å². The number of hydrogen-bond acceptors (Lipinski definition) is 2. The molecule has 102 valence electrons. The Hall–Kier alpha value is -1.28. The highest BCUT2D eigenvalue weighted by Gasteiger charge is 2.11. The topological polar surface area (TPSA) is 33.1 Å². The third-order valence-corrected chi connectivity index (χ3v) is 3.88. The van der Waals surface area contributed by atoms with E-state index in [1.54, 1.807) is 12.1 Å². The molecule has 1 atom stereocenters. The first-order valence-corrected chi connectivity index (χ1v) is 7.29. The predicted octanol–water partition coefficient (Wildman–Crippen LogP) is 5.28. The van der Waals surface area contributed by atoms with Gasteiger partial charge in [0.1, 0.15) is 11.3 Å². The number of aromatic hydroxyl groups is 1. The fraction of sp³-hybridized carbons (Fsp3) is 0.438. The summed E-state index contributed by atoms with van der Waals surface area (Å²) in [4.78, 5) is 4.58. The average Bonchev–Trinajstić information content (AvgIpc) is 2.43. The smallest absolute Gasteiger partial charge is 0.141 e. The summed E-state index contributed by atoms with van der Waals surface area (Å²) in [5.74, 6) is 0.608. The largest absolute Gasteiger partial charge is 0.506 e. The summed E-state index contributed by atoms with van der Waals surface area (Å²) in [5, 5.41) is 11.3. The molecule has 1 N–H and O–H groups in total. The second kappa shape index (κ2) is 6.25. The maximum absolute atomic E-state index is 9.89. The highest BCUT2D eigenvalue weighted by molar-refractivity contribution is 6.35. The van der Waals surface area contributed by atoms with E-state index in [4.69, 9.17) is 11.6 Å². The molecule has 0 fully saturated rings. The maximum Gasteiger partial charge on any atom is 0.141 e. The van der Waals surface area contributed by atoms with Crippen LogP contribution in [-0.4, -0.2) is 10.1 Å². The van der Waals surface area contributed by atoms with Gasteiger partial charge in [0.15, 0.2) is 0 Å². The Bertz CT molecular complexity index is 568.